The van der Waals surface area contributed by atoms with Crippen LogP contribution >= 0.6 is 27.3 Å². The molecule has 0 aliphatic heterocycles. The van der Waals surface area contributed by atoms with Crippen LogP contribution in [0, 0.1) is 0 Å². The summed E-state index contributed by atoms with van der Waals surface area (Å²) in [5.74, 6) is -0.154. The summed E-state index contributed by atoms with van der Waals surface area (Å²) < 4.78 is 7.66. The van der Waals surface area contributed by atoms with Crippen molar-refractivity contribution in [3.05, 3.63) is 32.8 Å². The maximum absolute atomic E-state index is 11.6. The number of thiophene rings is 1. The molecule has 0 spiro atoms. The lowest BCUT2D eigenvalue weighted by Crippen LogP contribution is -2.10. The van der Waals surface area contributed by atoms with Crippen LogP contribution in [0.25, 0.3) is 0 Å². The fraction of sp³-hybridized carbons (Fsp3) is 0.273. The third-order valence-electron chi connectivity index (χ3n) is 2.30. The molecule has 0 radical (unpaired) electrons. The molecule has 7 heteroatoms. The van der Waals surface area contributed by atoms with Gasteiger partial charge in [0.25, 0.3) is 0 Å². The molecule has 0 aliphatic rings. The van der Waals surface area contributed by atoms with Crippen LogP contribution in [0.5, 0.6) is 0 Å². The van der Waals surface area contributed by atoms with E-state index in [-0.39, 0.29) is 5.69 Å². The van der Waals surface area contributed by atoms with Gasteiger partial charge in [-0.05, 0) is 35.0 Å². The molecule has 96 valence electrons. The second-order valence-corrected chi connectivity index (χ2v) is 6.08. The summed E-state index contributed by atoms with van der Waals surface area (Å²) in [6, 6.07) is 3.97. The van der Waals surface area contributed by atoms with Crippen LogP contribution in [0.15, 0.2) is 22.2 Å². The highest BCUT2D eigenvalue weighted by atomic mass is 79.9. The Kier molecular flexibility index (Phi) is 4.03. The maximum atomic E-state index is 11.6. The van der Waals surface area contributed by atoms with Gasteiger partial charge >= 0.3 is 5.97 Å². The minimum Gasteiger partial charge on any atom is -0.461 e. The van der Waals surface area contributed by atoms with Gasteiger partial charge in [-0.2, -0.15) is 0 Å². The summed E-state index contributed by atoms with van der Waals surface area (Å²) in [4.78, 5) is 16.7. The number of nitrogens with two attached hydrogens (primary N) is 1. The zero-order valence-corrected chi connectivity index (χ0v) is 12.1. The van der Waals surface area contributed by atoms with Crippen LogP contribution in [0.4, 0.5) is 5.82 Å². The zero-order chi connectivity index (χ0) is 13.1. The number of aromatic nitrogens is 2. The van der Waals surface area contributed by atoms with Crippen molar-refractivity contribution in [2.75, 3.05) is 12.3 Å². The number of ether oxygens (including phenoxy) is 1. The van der Waals surface area contributed by atoms with E-state index in [0.29, 0.717) is 19.0 Å². The summed E-state index contributed by atoms with van der Waals surface area (Å²) >= 11 is 5.02. The minimum atomic E-state index is -0.485. The van der Waals surface area contributed by atoms with E-state index in [9.17, 15) is 4.79 Å². The standard InChI is InChI=1S/C11H12BrN3O2S/c1-2-17-11(16)9-10(13)15(6-14-9)5-7-3-4-8(12)18-7/h3-4,6H,2,5,13H2,1H3. The highest BCUT2D eigenvalue weighted by molar-refractivity contribution is 9.11. The van der Waals surface area contributed by atoms with Gasteiger partial charge in [-0.25, -0.2) is 9.78 Å². The molecule has 0 bridgehead atoms. The molecule has 2 aromatic heterocycles. The van der Waals surface area contributed by atoms with Gasteiger partial charge in [-0.1, -0.05) is 0 Å². The first kappa shape index (κ1) is 13.1. The first-order chi connectivity index (χ1) is 8.61. The molecule has 0 saturated carbocycles. The highest BCUT2D eigenvalue weighted by Gasteiger charge is 2.17. The van der Waals surface area contributed by atoms with Crippen LogP contribution in [0.1, 0.15) is 22.3 Å². The monoisotopic (exact) mass is 329 g/mol. The van der Waals surface area contributed by atoms with Gasteiger partial charge in [0.15, 0.2) is 5.69 Å². The van der Waals surface area contributed by atoms with Crippen LogP contribution in [-0.4, -0.2) is 22.1 Å². The van der Waals surface area contributed by atoms with Gasteiger partial charge in [0, 0.05) is 4.88 Å². The number of anilines is 1. The molecular formula is C11H12BrN3O2S. The molecule has 0 aliphatic carbocycles. The summed E-state index contributed by atoms with van der Waals surface area (Å²) in [7, 11) is 0. The van der Waals surface area contributed by atoms with Gasteiger partial charge in [0.2, 0.25) is 0 Å². The summed E-state index contributed by atoms with van der Waals surface area (Å²) in [5, 5.41) is 0. The number of carbonyl (C=O) groups excluding carboxylic acids is 1. The Morgan fingerprint density at radius 1 is 1.61 bits per heavy atom. The molecule has 0 fully saturated rings. The molecule has 0 unspecified atom stereocenters. The van der Waals surface area contributed by atoms with E-state index >= 15 is 0 Å². The minimum absolute atomic E-state index is 0.174. The summed E-state index contributed by atoms with van der Waals surface area (Å²) in [6.45, 7) is 2.64. The van der Waals surface area contributed by atoms with Gasteiger partial charge in [0.05, 0.1) is 23.3 Å². The van der Waals surface area contributed by atoms with E-state index in [0.717, 1.165) is 8.66 Å². The van der Waals surface area contributed by atoms with Crippen LogP contribution in [-0.2, 0) is 11.3 Å². The second-order valence-electron chi connectivity index (χ2n) is 3.53. The predicted molar refractivity (Wildman–Crippen MR) is 73.7 cm³/mol. The number of halogens is 1. The molecular weight excluding hydrogens is 318 g/mol. The van der Waals surface area contributed by atoms with Gasteiger partial charge in [-0.15, -0.1) is 11.3 Å². The molecule has 2 rings (SSSR count). The smallest absolute Gasteiger partial charge is 0.360 e. The fourth-order valence-electron chi connectivity index (χ4n) is 1.48. The first-order valence-electron chi connectivity index (χ1n) is 5.33. The molecule has 2 N–H and O–H groups in total. The average Bonchev–Trinajstić information content (AvgIpc) is 2.88. The number of hydrogen-bond acceptors (Lipinski definition) is 5. The number of imidazole rings is 1. The second kappa shape index (κ2) is 5.53. The molecule has 0 atom stereocenters. The Bertz CT molecular complexity index is 564. The van der Waals surface area contributed by atoms with Crippen molar-refractivity contribution in [1.82, 2.24) is 9.55 Å². The van der Waals surface area contributed by atoms with E-state index in [4.69, 9.17) is 10.5 Å². The SMILES string of the molecule is CCOC(=O)c1ncn(Cc2ccc(Br)s2)c1N. The lowest BCUT2D eigenvalue weighted by atomic mass is 10.4. The van der Waals surface area contributed by atoms with Crippen molar-refractivity contribution in [3.8, 4) is 0 Å². The van der Waals surface area contributed by atoms with Crippen LogP contribution in [0.2, 0.25) is 0 Å². The number of nitrogens with zero attached hydrogens (tertiary/aromatic N) is 2. The molecule has 2 aromatic rings. The lowest BCUT2D eigenvalue weighted by molar-refractivity contribution is 0.0521. The number of nitrogen functional groups attached to an aromatic ring is 1. The molecule has 0 aromatic carbocycles. The number of esters is 1. The Morgan fingerprint density at radius 3 is 3.00 bits per heavy atom. The van der Waals surface area contributed by atoms with Gasteiger partial charge in [0.1, 0.15) is 5.82 Å². The first-order valence-corrected chi connectivity index (χ1v) is 6.94. The Morgan fingerprint density at radius 2 is 2.39 bits per heavy atom. The van der Waals surface area contributed by atoms with E-state index in [1.165, 1.54) is 0 Å². The van der Waals surface area contributed by atoms with Gasteiger partial charge in [-0.3, -0.25) is 0 Å². The predicted octanol–water partition coefficient (Wildman–Crippen LogP) is 2.51. The van der Waals surface area contributed by atoms with Gasteiger partial charge < -0.3 is 15.0 Å². The van der Waals surface area contributed by atoms with Crippen molar-refractivity contribution in [2.45, 2.75) is 13.5 Å². The van der Waals surface area contributed by atoms with E-state index < -0.39 is 5.97 Å². The Balaban J connectivity index is 2.18. The van der Waals surface area contributed by atoms with E-state index in [2.05, 4.69) is 20.9 Å². The molecule has 18 heavy (non-hydrogen) atoms. The molecule has 0 amide bonds. The maximum Gasteiger partial charge on any atom is 0.360 e. The number of hydrogen-bond donors (Lipinski definition) is 1. The molecule has 2 heterocycles. The number of rotatable bonds is 4. The quantitative estimate of drug-likeness (QED) is 0.875. The van der Waals surface area contributed by atoms with Crippen molar-refractivity contribution in [2.24, 2.45) is 0 Å². The third-order valence-corrected chi connectivity index (χ3v) is 3.91. The largest absolute Gasteiger partial charge is 0.461 e. The van der Waals surface area contributed by atoms with Crippen molar-refractivity contribution in [1.29, 1.82) is 0 Å². The summed E-state index contributed by atoms with van der Waals surface area (Å²) in [6.07, 6.45) is 1.55. The normalized spacial score (nSPS) is 10.6. The molecule has 5 nitrogen and oxygen atoms in total. The Hall–Kier alpha value is -1.34. The Labute approximate surface area is 117 Å². The van der Waals surface area contributed by atoms with Crippen molar-refractivity contribution < 1.29 is 9.53 Å². The molecule has 0 saturated heterocycles. The van der Waals surface area contributed by atoms with Crippen LogP contribution in [0.3, 0.4) is 0 Å². The third kappa shape index (κ3) is 2.73. The fourth-order valence-corrected chi connectivity index (χ4v) is 2.96. The van der Waals surface area contributed by atoms with E-state index in [1.54, 1.807) is 29.2 Å². The lowest BCUT2D eigenvalue weighted by Gasteiger charge is -2.03. The van der Waals surface area contributed by atoms with Crippen LogP contribution < -0.4 is 5.73 Å². The number of carbonyl (C=O) groups is 1. The van der Waals surface area contributed by atoms with Crippen molar-refractivity contribution >= 4 is 39.1 Å². The van der Waals surface area contributed by atoms with Crippen molar-refractivity contribution in [3.63, 3.8) is 0 Å². The topological polar surface area (TPSA) is 70.1 Å². The van der Waals surface area contributed by atoms with E-state index in [1.807, 2.05) is 12.1 Å². The zero-order valence-electron chi connectivity index (χ0n) is 9.72. The summed E-state index contributed by atoms with van der Waals surface area (Å²) in [5.41, 5.74) is 6.06. The highest BCUT2D eigenvalue weighted by Crippen LogP contribution is 2.24. The average molecular weight is 330 g/mol.